The lowest BCUT2D eigenvalue weighted by molar-refractivity contribution is 0.184. The quantitative estimate of drug-likeness (QED) is 0.0748. The standard InChI is InChI=1S/C38H60S/c1-10-24-35(29-38(27-23-28-38)34(9)37(30(5)11-2)31(6)12-3)33(8)32(7)25-21-19-17-15-14-16-18-20-22-26-36(39)13-4/h10-12,19-22,24,36,39H,1,13-18,23,25-29H2,2-9H3/b21-19-,22-20-,30-11-,31-12-,33-32-,35-24-. The molecule has 0 nitrogen and oxygen atoms in total. The molecule has 0 aromatic carbocycles. The number of thiol groups is 1. The largest absolute Gasteiger partial charge is 0.176 e. The molecule has 0 aliphatic heterocycles. The van der Waals surface area contributed by atoms with Gasteiger partial charge in [-0.05, 0) is 146 Å². The number of unbranched alkanes of at least 4 members (excludes halogenated alkanes) is 4. The first-order valence-corrected chi connectivity index (χ1v) is 16.1. The van der Waals surface area contributed by atoms with E-state index in [1.165, 1.54) is 84.8 Å². The summed E-state index contributed by atoms with van der Waals surface area (Å²) in [6, 6.07) is 0. The molecule has 0 N–H and O–H groups in total. The Balaban J connectivity index is 2.81. The lowest BCUT2D eigenvalue weighted by Gasteiger charge is -2.45. The maximum Gasteiger partial charge on any atom is 0.00486 e. The minimum absolute atomic E-state index is 0.260. The van der Waals surface area contributed by atoms with E-state index in [4.69, 9.17) is 0 Å². The summed E-state index contributed by atoms with van der Waals surface area (Å²) < 4.78 is 0. The van der Waals surface area contributed by atoms with Gasteiger partial charge < -0.3 is 0 Å². The molecule has 1 fully saturated rings. The van der Waals surface area contributed by atoms with Crippen LogP contribution in [0.2, 0.25) is 0 Å². The Morgan fingerprint density at radius 2 is 1.46 bits per heavy atom. The van der Waals surface area contributed by atoms with Crippen LogP contribution >= 0.6 is 12.6 Å². The highest BCUT2D eigenvalue weighted by Gasteiger charge is 2.40. The molecule has 0 saturated heterocycles. The van der Waals surface area contributed by atoms with Crippen molar-refractivity contribution in [3.05, 3.63) is 94.2 Å². The van der Waals surface area contributed by atoms with Crippen molar-refractivity contribution in [3.8, 4) is 0 Å². The molecule has 1 rings (SSSR count). The maximum atomic E-state index is 4.55. The summed E-state index contributed by atoms with van der Waals surface area (Å²) in [5.74, 6) is 0. The van der Waals surface area contributed by atoms with E-state index in [2.05, 4.69) is 117 Å². The van der Waals surface area contributed by atoms with Crippen molar-refractivity contribution in [1.82, 2.24) is 0 Å². The third-order valence-electron chi connectivity index (χ3n) is 8.98. The van der Waals surface area contributed by atoms with Gasteiger partial charge in [0.25, 0.3) is 0 Å². The summed E-state index contributed by atoms with van der Waals surface area (Å²) in [6.07, 6.45) is 32.8. The molecule has 1 unspecified atom stereocenters. The fraction of sp³-hybridized carbons (Fsp3) is 0.579. The predicted octanol–water partition coefficient (Wildman–Crippen LogP) is 12.8. The van der Waals surface area contributed by atoms with Crippen LogP contribution in [0.4, 0.5) is 0 Å². The van der Waals surface area contributed by atoms with Crippen LogP contribution in [0.3, 0.4) is 0 Å². The zero-order valence-electron chi connectivity index (χ0n) is 26.8. The molecule has 218 valence electrons. The van der Waals surface area contributed by atoms with Gasteiger partial charge in [-0.25, -0.2) is 0 Å². The van der Waals surface area contributed by atoms with Crippen LogP contribution in [0.5, 0.6) is 0 Å². The van der Waals surface area contributed by atoms with Gasteiger partial charge >= 0.3 is 0 Å². The van der Waals surface area contributed by atoms with Crippen LogP contribution in [0.15, 0.2) is 94.2 Å². The highest BCUT2D eigenvalue weighted by atomic mass is 32.1. The van der Waals surface area contributed by atoms with Crippen LogP contribution in [0.1, 0.15) is 132 Å². The molecule has 0 radical (unpaired) electrons. The summed E-state index contributed by atoms with van der Waals surface area (Å²) in [5.41, 5.74) is 10.5. The fourth-order valence-corrected chi connectivity index (χ4v) is 5.73. The predicted molar refractivity (Wildman–Crippen MR) is 183 cm³/mol. The van der Waals surface area contributed by atoms with Crippen molar-refractivity contribution in [1.29, 1.82) is 0 Å². The topological polar surface area (TPSA) is 0 Å². The minimum atomic E-state index is 0.260. The van der Waals surface area contributed by atoms with Crippen LogP contribution < -0.4 is 0 Å². The number of rotatable bonds is 18. The van der Waals surface area contributed by atoms with Crippen LogP contribution in [-0.4, -0.2) is 5.25 Å². The van der Waals surface area contributed by atoms with Gasteiger partial charge in [0.05, 0.1) is 0 Å². The van der Waals surface area contributed by atoms with Gasteiger partial charge in [0.1, 0.15) is 0 Å². The molecule has 0 heterocycles. The van der Waals surface area contributed by atoms with E-state index in [9.17, 15) is 0 Å². The molecule has 0 spiro atoms. The average molecular weight is 549 g/mol. The molecule has 0 bridgehead atoms. The monoisotopic (exact) mass is 548 g/mol. The van der Waals surface area contributed by atoms with Crippen molar-refractivity contribution < 1.29 is 0 Å². The third kappa shape index (κ3) is 11.7. The van der Waals surface area contributed by atoms with Crippen molar-refractivity contribution in [2.45, 2.75) is 138 Å². The van der Waals surface area contributed by atoms with Gasteiger partial charge in [-0.15, -0.1) is 0 Å². The second-order valence-electron chi connectivity index (χ2n) is 11.7. The van der Waals surface area contributed by atoms with Crippen molar-refractivity contribution in [2.24, 2.45) is 5.41 Å². The fourth-order valence-electron chi connectivity index (χ4n) is 5.61. The first-order chi connectivity index (χ1) is 18.7. The first-order valence-electron chi connectivity index (χ1n) is 15.6. The van der Waals surface area contributed by atoms with Crippen LogP contribution in [0.25, 0.3) is 0 Å². The molecular weight excluding hydrogens is 488 g/mol. The Kier molecular flexibility index (Phi) is 17.5. The minimum Gasteiger partial charge on any atom is -0.176 e. The number of hydrogen-bond acceptors (Lipinski definition) is 1. The van der Waals surface area contributed by atoms with Crippen molar-refractivity contribution in [3.63, 3.8) is 0 Å². The Bertz CT molecular complexity index is 948. The zero-order valence-corrected chi connectivity index (χ0v) is 27.7. The van der Waals surface area contributed by atoms with E-state index in [0.717, 1.165) is 25.7 Å². The molecule has 39 heavy (non-hydrogen) atoms. The molecule has 1 saturated carbocycles. The number of hydrogen-bond donors (Lipinski definition) is 1. The Morgan fingerprint density at radius 1 is 0.872 bits per heavy atom. The number of allylic oxidation sites excluding steroid dienone is 15. The smallest absolute Gasteiger partial charge is 0.00486 e. The van der Waals surface area contributed by atoms with Gasteiger partial charge in [0, 0.05) is 5.25 Å². The van der Waals surface area contributed by atoms with E-state index in [-0.39, 0.29) is 5.41 Å². The molecular formula is C38H60S. The molecule has 1 atom stereocenters. The van der Waals surface area contributed by atoms with E-state index in [0.29, 0.717) is 5.25 Å². The lowest BCUT2D eigenvalue weighted by Crippen LogP contribution is -2.32. The highest BCUT2D eigenvalue weighted by molar-refractivity contribution is 7.80. The molecule has 1 aliphatic carbocycles. The summed E-state index contributed by atoms with van der Waals surface area (Å²) in [4.78, 5) is 0. The van der Waals surface area contributed by atoms with Crippen LogP contribution in [0, 0.1) is 5.41 Å². The maximum absolute atomic E-state index is 4.55. The van der Waals surface area contributed by atoms with Gasteiger partial charge in [0.15, 0.2) is 0 Å². The second-order valence-corrected chi connectivity index (χ2v) is 12.4. The third-order valence-corrected chi connectivity index (χ3v) is 9.56. The summed E-state index contributed by atoms with van der Waals surface area (Å²) >= 11 is 4.55. The van der Waals surface area contributed by atoms with E-state index in [1.807, 2.05) is 6.08 Å². The van der Waals surface area contributed by atoms with Crippen molar-refractivity contribution >= 4 is 12.6 Å². The van der Waals surface area contributed by atoms with E-state index >= 15 is 0 Å². The highest BCUT2D eigenvalue weighted by Crippen LogP contribution is 2.54. The van der Waals surface area contributed by atoms with Crippen LogP contribution in [-0.2, 0) is 0 Å². The lowest BCUT2D eigenvalue weighted by atomic mass is 9.59. The second kappa shape index (κ2) is 19.4. The molecule has 0 amide bonds. The Labute approximate surface area is 249 Å². The normalized spacial score (nSPS) is 17.8. The van der Waals surface area contributed by atoms with Gasteiger partial charge in [-0.1, -0.05) is 86.1 Å². The average Bonchev–Trinajstić information content (AvgIpc) is 2.91. The molecule has 0 aromatic heterocycles. The van der Waals surface area contributed by atoms with E-state index in [1.54, 1.807) is 5.57 Å². The first kappa shape index (κ1) is 35.3. The van der Waals surface area contributed by atoms with Gasteiger partial charge in [-0.2, -0.15) is 12.6 Å². The molecule has 1 aliphatic rings. The zero-order chi connectivity index (χ0) is 29.3. The molecule has 1 heteroatoms. The van der Waals surface area contributed by atoms with Gasteiger partial charge in [0.2, 0.25) is 0 Å². The summed E-state index contributed by atoms with van der Waals surface area (Å²) in [5, 5.41) is 0.518. The van der Waals surface area contributed by atoms with E-state index < -0.39 is 0 Å². The van der Waals surface area contributed by atoms with Crippen molar-refractivity contribution in [2.75, 3.05) is 0 Å². The Morgan fingerprint density at radius 3 is 1.95 bits per heavy atom. The summed E-state index contributed by atoms with van der Waals surface area (Å²) in [6.45, 7) is 22.2. The SMILES string of the molecule is C=C/C=C(CC1(C(C)=C(/C(C)=C\C)/C(C)=C\C)CCC1)\C(C)=C(\C)C/C=C\CCCCC/C=C\CC(S)CC. The Hall–Kier alpha value is -1.73. The summed E-state index contributed by atoms with van der Waals surface area (Å²) in [7, 11) is 0. The van der Waals surface area contributed by atoms with Gasteiger partial charge in [-0.3, -0.25) is 0 Å². The molecule has 0 aromatic rings.